The largest absolute Gasteiger partial charge is 0.375 e. The van der Waals surface area contributed by atoms with Gasteiger partial charge in [-0.2, -0.15) is 0 Å². The van der Waals surface area contributed by atoms with Gasteiger partial charge in [0.05, 0.1) is 24.0 Å². The highest BCUT2D eigenvalue weighted by Gasteiger charge is 2.28. The molecule has 1 unspecified atom stereocenters. The monoisotopic (exact) mass is 329 g/mol. The van der Waals surface area contributed by atoms with Crippen LogP contribution in [0.5, 0.6) is 0 Å². The fraction of sp³-hybridized carbons (Fsp3) is 0.0952. The van der Waals surface area contributed by atoms with Crippen LogP contribution in [-0.2, 0) is 0 Å². The Hall–Kier alpha value is -3.27. The number of benzene rings is 3. The summed E-state index contributed by atoms with van der Waals surface area (Å²) in [5.41, 5.74) is 3.81. The van der Waals surface area contributed by atoms with Gasteiger partial charge in [-0.3, -0.25) is 4.90 Å². The van der Waals surface area contributed by atoms with E-state index in [1.54, 1.807) is 4.90 Å². The molecule has 3 aromatic carbocycles. The normalized spacial score (nSPS) is 15.8. The summed E-state index contributed by atoms with van der Waals surface area (Å²) in [6, 6.07) is 27.6. The highest BCUT2D eigenvalue weighted by Crippen LogP contribution is 2.35. The van der Waals surface area contributed by atoms with Gasteiger partial charge in [-0.15, -0.1) is 0 Å². The number of hydrogen-bond donors (Lipinski definition) is 2. The Morgan fingerprint density at radius 3 is 2.28 bits per heavy atom. The number of amides is 2. The van der Waals surface area contributed by atoms with Crippen LogP contribution in [-0.4, -0.2) is 12.6 Å². The molecule has 124 valence electrons. The number of carbonyl (C=O) groups is 1. The molecule has 0 fully saturated rings. The Kier molecular flexibility index (Phi) is 4.09. The summed E-state index contributed by atoms with van der Waals surface area (Å²) in [5, 5.41) is 6.52. The molecule has 0 radical (unpaired) electrons. The van der Waals surface area contributed by atoms with E-state index in [0.717, 1.165) is 22.6 Å². The van der Waals surface area contributed by atoms with E-state index in [1.165, 1.54) is 0 Å². The fourth-order valence-electron chi connectivity index (χ4n) is 3.12. The number of nitrogens with zero attached hydrogens (tertiary/aromatic N) is 1. The van der Waals surface area contributed by atoms with Crippen molar-refractivity contribution in [3.63, 3.8) is 0 Å². The molecular weight excluding hydrogens is 310 g/mol. The molecule has 25 heavy (non-hydrogen) atoms. The standard InChI is InChI=1S/C21H19N3O/c25-21(22-17-11-5-2-6-12-17)24-15-19(16-9-3-1-4-10-16)23-18-13-7-8-14-20(18)24/h1-14,19,23H,15H2,(H,22,25). The highest BCUT2D eigenvalue weighted by atomic mass is 16.2. The van der Waals surface area contributed by atoms with Gasteiger partial charge in [0.2, 0.25) is 0 Å². The first-order chi connectivity index (χ1) is 12.3. The molecule has 0 bridgehead atoms. The van der Waals surface area contributed by atoms with Crippen LogP contribution < -0.4 is 15.5 Å². The van der Waals surface area contributed by atoms with Crippen molar-refractivity contribution >= 4 is 23.1 Å². The van der Waals surface area contributed by atoms with E-state index in [9.17, 15) is 4.79 Å². The molecule has 1 heterocycles. The van der Waals surface area contributed by atoms with Crippen LogP contribution in [0.15, 0.2) is 84.9 Å². The molecule has 0 aromatic heterocycles. The molecule has 0 spiro atoms. The molecule has 2 amide bonds. The molecule has 0 aliphatic carbocycles. The average Bonchev–Trinajstić information content (AvgIpc) is 2.68. The van der Waals surface area contributed by atoms with Gasteiger partial charge in [-0.25, -0.2) is 4.79 Å². The predicted octanol–water partition coefficient (Wildman–Crippen LogP) is 4.89. The lowest BCUT2D eigenvalue weighted by Gasteiger charge is -2.36. The number of rotatable bonds is 2. The Morgan fingerprint density at radius 1 is 0.880 bits per heavy atom. The van der Waals surface area contributed by atoms with Crippen LogP contribution in [0.2, 0.25) is 0 Å². The van der Waals surface area contributed by atoms with Gasteiger partial charge in [-0.1, -0.05) is 60.7 Å². The van der Waals surface area contributed by atoms with Gasteiger partial charge in [-0.05, 0) is 29.8 Å². The number of hydrogen-bond acceptors (Lipinski definition) is 2. The third-order valence-corrected chi connectivity index (χ3v) is 4.36. The van der Waals surface area contributed by atoms with Crippen molar-refractivity contribution in [2.75, 3.05) is 22.1 Å². The second-order valence-electron chi connectivity index (χ2n) is 6.03. The third kappa shape index (κ3) is 3.19. The molecule has 1 aliphatic rings. The average molecular weight is 329 g/mol. The number of nitrogens with one attached hydrogen (secondary N) is 2. The zero-order valence-corrected chi connectivity index (χ0v) is 13.7. The Labute approximate surface area is 147 Å². The number of urea groups is 1. The zero-order chi connectivity index (χ0) is 17.1. The maximum atomic E-state index is 12.9. The molecular formula is C21H19N3O. The summed E-state index contributed by atoms with van der Waals surface area (Å²) < 4.78 is 0. The Balaban J connectivity index is 1.64. The summed E-state index contributed by atoms with van der Waals surface area (Å²) in [6.07, 6.45) is 0. The van der Waals surface area contributed by atoms with Gasteiger partial charge in [0.25, 0.3) is 0 Å². The summed E-state index contributed by atoms with van der Waals surface area (Å²) >= 11 is 0. The molecule has 2 N–H and O–H groups in total. The maximum Gasteiger partial charge on any atom is 0.326 e. The van der Waals surface area contributed by atoms with Crippen LogP contribution in [0.3, 0.4) is 0 Å². The minimum absolute atomic E-state index is 0.0534. The van der Waals surface area contributed by atoms with Crippen molar-refractivity contribution in [2.45, 2.75) is 6.04 Å². The quantitative estimate of drug-likeness (QED) is 0.703. The van der Waals surface area contributed by atoms with E-state index in [4.69, 9.17) is 0 Å². The molecule has 3 aromatic rings. The van der Waals surface area contributed by atoms with E-state index in [1.807, 2.05) is 72.8 Å². The first kappa shape index (κ1) is 15.3. The summed E-state index contributed by atoms with van der Waals surface area (Å²) in [5.74, 6) is 0. The number of carbonyl (C=O) groups excluding carboxylic acids is 1. The van der Waals surface area contributed by atoms with Crippen LogP contribution in [0, 0.1) is 0 Å². The first-order valence-corrected chi connectivity index (χ1v) is 8.35. The van der Waals surface area contributed by atoms with Crippen molar-refractivity contribution in [1.82, 2.24) is 0 Å². The van der Waals surface area contributed by atoms with E-state index >= 15 is 0 Å². The second kappa shape index (κ2) is 6.69. The summed E-state index contributed by atoms with van der Waals surface area (Å²) in [7, 11) is 0. The molecule has 4 heteroatoms. The molecule has 1 atom stereocenters. The smallest absolute Gasteiger partial charge is 0.326 e. The minimum atomic E-state index is -0.124. The van der Waals surface area contributed by atoms with Crippen LogP contribution in [0.4, 0.5) is 21.9 Å². The van der Waals surface area contributed by atoms with E-state index in [-0.39, 0.29) is 12.1 Å². The Morgan fingerprint density at radius 2 is 1.52 bits per heavy atom. The van der Waals surface area contributed by atoms with E-state index in [0.29, 0.717) is 6.54 Å². The van der Waals surface area contributed by atoms with E-state index in [2.05, 4.69) is 22.8 Å². The van der Waals surface area contributed by atoms with Crippen molar-refractivity contribution in [3.8, 4) is 0 Å². The molecule has 0 saturated heterocycles. The SMILES string of the molecule is O=C(Nc1ccccc1)N1CC(c2ccccc2)Nc2ccccc21. The van der Waals surface area contributed by atoms with Gasteiger partial charge in [0, 0.05) is 5.69 Å². The van der Waals surface area contributed by atoms with Gasteiger partial charge >= 0.3 is 6.03 Å². The third-order valence-electron chi connectivity index (χ3n) is 4.36. The number of anilines is 3. The molecule has 0 saturated carbocycles. The fourth-order valence-corrected chi connectivity index (χ4v) is 3.12. The Bertz CT molecular complexity index is 865. The first-order valence-electron chi connectivity index (χ1n) is 8.35. The second-order valence-corrected chi connectivity index (χ2v) is 6.03. The van der Waals surface area contributed by atoms with Crippen molar-refractivity contribution < 1.29 is 4.79 Å². The van der Waals surface area contributed by atoms with Crippen molar-refractivity contribution in [2.24, 2.45) is 0 Å². The zero-order valence-electron chi connectivity index (χ0n) is 13.7. The molecule has 4 rings (SSSR count). The van der Waals surface area contributed by atoms with Crippen LogP contribution >= 0.6 is 0 Å². The molecule has 4 nitrogen and oxygen atoms in total. The summed E-state index contributed by atoms with van der Waals surface area (Å²) in [6.45, 7) is 0.569. The topological polar surface area (TPSA) is 44.4 Å². The van der Waals surface area contributed by atoms with E-state index < -0.39 is 0 Å². The van der Waals surface area contributed by atoms with Crippen molar-refractivity contribution in [1.29, 1.82) is 0 Å². The maximum absolute atomic E-state index is 12.9. The van der Waals surface area contributed by atoms with Gasteiger partial charge in [0.1, 0.15) is 0 Å². The summed E-state index contributed by atoms with van der Waals surface area (Å²) in [4.78, 5) is 14.7. The molecule has 1 aliphatic heterocycles. The highest BCUT2D eigenvalue weighted by molar-refractivity contribution is 6.04. The van der Waals surface area contributed by atoms with Crippen LogP contribution in [0.25, 0.3) is 0 Å². The van der Waals surface area contributed by atoms with Gasteiger partial charge in [0.15, 0.2) is 0 Å². The lowest BCUT2D eigenvalue weighted by Crippen LogP contribution is -2.43. The minimum Gasteiger partial charge on any atom is -0.375 e. The predicted molar refractivity (Wildman–Crippen MR) is 102 cm³/mol. The number of para-hydroxylation sites is 3. The van der Waals surface area contributed by atoms with Crippen LogP contribution in [0.1, 0.15) is 11.6 Å². The lowest BCUT2D eigenvalue weighted by molar-refractivity contribution is 0.256. The van der Waals surface area contributed by atoms with Gasteiger partial charge < -0.3 is 10.6 Å². The van der Waals surface area contributed by atoms with Crippen molar-refractivity contribution in [3.05, 3.63) is 90.5 Å². The number of fused-ring (bicyclic) bond motifs is 1. The lowest BCUT2D eigenvalue weighted by atomic mass is 10.0.